The van der Waals surface area contributed by atoms with Crippen LogP contribution in [0.15, 0.2) is 24.5 Å². The molecule has 0 aromatic heterocycles. The molecule has 0 aliphatic carbocycles. The molecule has 5 heteroatoms. The summed E-state index contributed by atoms with van der Waals surface area (Å²) in [5.74, 6) is -0.227. The number of hydrogen-bond acceptors (Lipinski definition) is 4. The van der Waals surface area contributed by atoms with Crippen molar-refractivity contribution >= 4 is 17.4 Å². The quantitative estimate of drug-likeness (QED) is 0.387. The van der Waals surface area contributed by atoms with Crippen LogP contribution in [0.2, 0.25) is 0 Å². The topological polar surface area (TPSA) is 64.6 Å². The second kappa shape index (κ2) is 6.23. The molecule has 0 bridgehead atoms. The molecule has 0 unspecified atom stereocenters. The van der Waals surface area contributed by atoms with E-state index >= 15 is 0 Å². The number of imide groups is 1. The summed E-state index contributed by atoms with van der Waals surface area (Å²) in [6, 6.07) is 5.09. The Morgan fingerprint density at radius 3 is 2.70 bits per heavy atom. The molecule has 1 N–H and O–H groups in total. The number of unbranched alkanes of at least 4 members (excludes halogenated alkanes) is 1. The number of nitrogens with one attached hydrogen (secondary N) is 1. The number of carbonyl (C=O) groups is 2. The van der Waals surface area contributed by atoms with Crippen molar-refractivity contribution in [2.75, 3.05) is 13.7 Å². The van der Waals surface area contributed by atoms with Crippen LogP contribution in [0, 0.1) is 0 Å². The molecule has 0 spiro atoms. The molecule has 1 aliphatic heterocycles. The minimum Gasteiger partial charge on any atom is -0.504 e. The van der Waals surface area contributed by atoms with Gasteiger partial charge >= 0.3 is 0 Å². The molecule has 0 fully saturated rings. The van der Waals surface area contributed by atoms with Crippen molar-refractivity contribution in [3.05, 3.63) is 35.6 Å². The highest BCUT2D eigenvalue weighted by Gasteiger charge is 2.27. The lowest BCUT2D eigenvalue weighted by Crippen LogP contribution is -2.36. The molecule has 0 saturated carbocycles. The van der Waals surface area contributed by atoms with Gasteiger partial charge in [-0.3, -0.25) is 14.9 Å². The van der Waals surface area contributed by atoms with E-state index in [1.807, 2.05) is 0 Å². The van der Waals surface area contributed by atoms with Gasteiger partial charge in [-0.15, -0.1) is 0 Å². The highest BCUT2D eigenvalue weighted by Crippen LogP contribution is 2.28. The van der Waals surface area contributed by atoms with Crippen LogP contribution in [0.5, 0.6) is 5.75 Å². The maximum atomic E-state index is 11.8. The van der Waals surface area contributed by atoms with E-state index in [-0.39, 0.29) is 0 Å². The van der Waals surface area contributed by atoms with Gasteiger partial charge in [-0.05, 0) is 24.6 Å². The number of fused-ring (bicyclic) bond motifs is 1. The lowest BCUT2D eigenvalue weighted by molar-refractivity contribution is -0.114. The van der Waals surface area contributed by atoms with Crippen LogP contribution in [0.4, 0.5) is 0 Å². The SMILES string of the molecule is CCCCOc1ccc2c(c1)/C(=C/OC)C(=O)NC2=O. The predicted molar refractivity (Wildman–Crippen MR) is 74.3 cm³/mol. The van der Waals surface area contributed by atoms with Crippen molar-refractivity contribution in [3.8, 4) is 5.75 Å². The van der Waals surface area contributed by atoms with Gasteiger partial charge in [-0.2, -0.15) is 0 Å². The second-order valence-electron chi connectivity index (χ2n) is 4.46. The van der Waals surface area contributed by atoms with Gasteiger partial charge < -0.3 is 9.47 Å². The highest BCUT2D eigenvalue weighted by molar-refractivity contribution is 6.30. The Hall–Kier alpha value is -2.30. The largest absolute Gasteiger partial charge is 0.504 e. The van der Waals surface area contributed by atoms with E-state index in [4.69, 9.17) is 9.47 Å². The smallest absolute Gasteiger partial charge is 0.261 e. The molecule has 2 rings (SSSR count). The molecule has 1 heterocycles. The van der Waals surface area contributed by atoms with Crippen LogP contribution < -0.4 is 10.1 Å². The molecule has 0 saturated heterocycles. The Morgan fingerprint density at radius 2 is 2.00 bits per heavy atom. The fourth-order valence-corrected chi connectivity index (χ4v) is 1.96. The predicted octanol–water partition coefficient (Wildman–Crippen LogP) is 2.12. The summed E-state index contributed by atoms with van der Waals surface area (Å²) in [4.78, 5) is 23.6. The Morgan fingerprint density at radius 1 is 1.20 bits per heavy atom. The van der Waals surface area contributed by atoms with Crippen LogP contribution in [0.1, 0.15) is 35.7 Å². The Bertz CT molecular complexity index is 563. The number of rotatable bonds is 5. The number of methoxy groups -OCH3 is 1. The van der Waals surface area contributed by atoms with Gasteiger partial charge in [-0.1, -0.05) is 13.3 Å². The highest BCUT2D eigenvalue weighted by atomic mass is 16.5. The fraction of sp³-hybridized carbons (Fsp3) is 0.333. The molecule has 2 amide bonds. The zero-order valence-corrected chi connectivity index (χ0v) is 11.6. The maximum absolute atomic E-state index is 11.8. The van der Waals surface area contributed by atoms with Crippen molar-refractivity contribution in [3.63, 3.8) is 0 Å². The van der Waals surface area contributed by atoms with Crippen LogP contribution in [0.3, 0.4) is 0 Å². The summed E-state index contributed by atoms with van der Waals surface area (Å²) < 4.78 is 10.5. The number of hydrogen-bond donors (Lipinski definition) is 1. The van der Waals surface area contributed by atoms with Crippen LogP contribution in [-0.4, -0.2) is 25.5 Å². The average Bonchev–Trinajstić information content (AvgIpc) is 2.43. The Labute approximate surface area is 117 Å². The molecule has 5 nitrogen and oxygen atoms in total. The lowest BCUT2D eigenvalue weighted by atomic mass is 9.95. The van der Waals surface area contributed by atoms with Gasteiger partial charge in [0.15, 0.2) is 0 Å². The van der Waals surface area contributed by atoms with Crippen LogP contribution in [0.25, 0.3) is 5.57 Å². The van der Waals surface area contributed by atoms with E-state index in [0.717, 1.165) is 12.8 Å². The summed E-state index contributed by atoms with van der Waals surface area (Å²) in [5, 5.41) is 2.28. The molecule has 20 heavy (non-hydrogen) atoms. The zero-order chi connectivity index (χ0) is 14.5. The van der Waals surface area contributed by atoms with Crippen LogP contribution >= 0.6 is 0 Å². The lowest BCUT2D eigenvalue weighted by Gasteiger charge is -2.18. The second-order valence-corrected chi connectivity index (χ2v) is 4.46. The van der Waals surface area contributed by atoms with Crippen molar-refractivity contribution in [1.82, 2.24) is 5.32 Å². The first-order valence-electron chi connectivity index (χ1n) is 6.53. The molecule has 1 aromatic carbocycles. The summed E-state index contributed by atoms with van der Waals surface area (Å²) in [6.07, 6.45) is 3.33. The summed E-state index contributed by atoms with van der Waals surface area (Å²) in [7, 11) is 1.46. The van der Waals surface area contributed by atoms with Gasteiger partial charge in [0.25, 0.3) is 11.8 Å². The van der Waals surface area contributed by atoms with E-state index in [1.165, 1.54) is 13.4 Å². The maximum Gasteiger partial charge on any atom is 0.261 e. The van der Waals surface area contributed by atoms with Crippen LogP contribution in [-0.2, 0) is 9.53 Å². The number of carbonyl (C=O) groups excluding carboxylic acids is 2. The van der Waals surface area contributed by atoms with Gasteiger partial charge in [0.1, 0.15) is 5.75 Å². The Kier molecular flexibility index (Phi) is 4.40. The first-order chi connectivity index (χ1) is 9.67. The molecule has 1 aromatic rings. The van der Waals surface area contributed by atoms with E-state index in [0.29, 0.717) is 29.1 Å². The molecular formula is C15H17NO4. The number of amides is 2. The van der Waals surface area contributed by atoms with Crippen molar-refractivity contribution < 1.29 is 19.1 Å². The van der Waals surface area contributed by atoms with E-state index in [1.54, 1.807) is 18.2 Å². The van der Waals surface area contributed by atoms with E-state index in [2.05, 4.69) is 12.2 Å². The van der Waals surface area contributed by atoms with E-state index in [9.17, 15) is 9.59 Å². The molecule has 1 aliphatic rings. The third-order valence-corrected chi connectivity index (χ3v) is 3.00. The minimum atomic E-state index is -0.463. The van der Waals surface area contributed by atoms with Gasteiger partial charge in [-0.25, -0.2) is 0 Å². The first kappa shape index (κ1) is 14.1. The van der Waals surface area contributed by atoms with Crippen molar-refractivity contribution in [1.29, 1.82) is 0 Å². The van der Waals surface area contributed by atoms with Crippen molar-refractivity contribution in [2.24, 2.45) is 0 Å². The Balaban J connectivity index is 2.35. The summed E-state index contributed by atoms with van der Waals surface area (Å²) >= 11 is 0. The first-order valence-corrected chi connectivity index (χ1v) is 6.53. The molecule has 0 radical (unpaired) electrons. The van der Waals surface area contributed by atoms with Gasteiger partial charge in [0.05, 0.1) is 25.6 Å². The fourth-order valence-electron chi connectivity index (χ4n) is 1.96. The third-order valence-electron chi connectivity index (χ3n) is 3.00. The standard InChI is InChI=1S/C15H17NO4/c1-3-4-7-20-10-5-6-11-12(8-10)13(9-19-2)15(18)16-14(11)17/h5-6,8-9H,3-4,7H2,1-2H3,(H,16,17,18)/b13-9-. The van der Waals surface area contributed by atoms with E-state index < -0.39 is 11.8 Å². The molecule has 0 atom stereocenters. The molecule has 106 valence electrons. The number of ether oxygens (including phenoxy) is 2. The van der Waals surface area contributed by atoms with Gasteiger partial charge in [0, 0.05) is 11.1 Å². The monoisotopic (exact) mass is 275 g/mol. The summed E-state index contributed by atoms with van der Waals surface area (Å²) in [6.45, 7) is 2.69. The van der Waals surface area contributed by atoms with Crippen molar-refractivity contribution in [2.45, 2.75) is 19.8 Å². The minimum absolute atomic E-state index is 0.322. The number of benzene rings is 1. The normalized spacial score (nSPS) is 15.8. The molecular weight excluding hydrogens is 258 g/mol. The summed E-state index contributed by atoms with van der Waals surface area (Å²) in [5.41, 5.74) is 1.30. The zero-order valence-electron chi connectivity index (χ0n) is 11.6. The van der Waals surface area contributed by atoms with Gasteiger partial charge in [0.2, 0.25) is 0 Å². The third kappa shape index (κ3) is 2.82. The average molecular weight is 275 g/mol.